The summed E-state index contributed by atoms with van der Waals surface area (Å²) in [4.78, 5) is 23.9. The van der Waals surface area contributed by atoms with E-state index in [1.165, 1.54) is 14.0 Å². The highest BCUT2D eigenvalue weighted by atomic mass is 31.2. The van der Waals surface area contributed by atoms with Crippen LogP contribution in [0.1, 0.15) is 25.8 Å². The lowest BCUT2D eigenvalue weighted by atomic mass is 9.81. The highest BCUT2D eigenvalue weighted by Gasteiger charge is 2.37. The van der Waals surface area contributed by atoms with Crippen LogP contribution in [0.15, 0.2) is 36.7 Å². The molecule has 1 unspecified atom stereocenters. The number of aliphatic carboxylic acids is 1. The maximum atomic E-state index is 13.3. The highest BCUT2D eigenvalue weighted by Crippen LogP contribution is 2.48. The van der Waals surface area contributed by atoms with Crippen LogP contribution in [0, 0.1) is 5.92 Å². The predicted octanol–water partition coefficient (Wildman–Crippen LogP) is 2.63. The Hall–Kier alpha value is -3.21. The van der Waals surface area contributed by atoms with E-state index >= 15 is 0 Å². The topological polar surface area (TPSA) is 164 Å². The molecule has 0 amide bonds. The number of para-hydroxylation sites is 1. The van der Waals surface area contributed by atoms with E-state index in [-0.39, 0.29) is 24.5 Å². The van der Waals surface area contributed by atoms with Crippen molar-refractivity contribution in [3.63, 3.8) is 0 Å². The molecule has 2 heterocycles. The van der Waals surface area contributed by atoms with Gasteiger partial charge < -0.3 is 24.7 Å². The van der Waals surface area contributed by atoms with Gasteiger partial charge in [0.15, 0.2) is 11.2 Å². The molecule has 1 aliphatic carbocycles. The highest BCUT2D eigenvalue weighted by molar-refractivity contribution is 7.52. The van der Waals surface area contributed by atoms with Crippen molar-refractivity contribution in [1.29, 1.82) is 0 Å². The monoisotopic (exact) mass is 476 g/mol. The van der Waals surface area contributed by atoms with Crippen LogP contribution in [-0.4, -0.2) is 50.4 Å². The number of imidazole rings is 1. The van der Waals surface area contributed by atoms with Crippen LogP contribution in [0.25, 0.3) is 11.2 Å². The Kier molecular flexibility index (Phi) is 6.50. The molecular formula is C20H25N6O6P. The number of ether oxygens (including phenoxy) is 1. The molecule has 12 nitrogen and oxygen atoms in total. The number of hydrogen-bond donors (Lipinski definition) is 3. The summed E-state index contributed by atoms with van der Waals surface area (Å²) in [7, 11) is -2.43. The lowest BCUT2D eigenvalue weighted by Crippen LogP contribution is -2.35. The first-order chi connectivity index (χ1) is 15.8. The normalized spacial score (nSPS) is 20.5. The summed E-state index contributed by atoms with van der Waals surface area (Å²) in [5.74, 6) is -0.356. The molecule has 0 aliphatic heterocycles. The van der Waals surface area contributed by atoms with Crippen molar-refractivity contribution >= 4 is 30.8 Å². The van der Waals surface area contributed by atoms with Gasteiger partial charge in [0.2, 0.25) is 11.8 Å². The van der Waals surface area contributed by atoms with Crippen LogP contribution in [-0.2, 0) is 13.9 Å². The number of anilines is 1. The Morgan fingerprint density at radius 2 is 2.06 bits per heavy atom. The minimum Gasteiger partial charge on any atom is -0.480 e. The number of fused-ring (bicyclic) bond motifs is 1. The SMILES string of the molecule is COc1nc(N)nc2c1ncn2C1CC(COP(=O)(N[C@@H](C)C(=O)O)Oc2ccccc2)C1. The van der Waals surface area contributed by atoms with E-state index in [0.717, 1.165) is 12.8 Å². The van der Waals surface area contributed by atoms with E-state index < -0.39 is 19.8 Å². The molecule has 1 aliphatic rings. The second-order valence-corrected chi connectivity index (χ2v) is 9.49. The van der Waals surface area contributed by atoms with Gasteiger partial charge >= 0.3 is 13.7 Å². The summed E-state index contributed by atoms with van der Waals surface area (Å²) >= 11 is 0. The molecule has 2 aromatic heterocycles. The second kappa shape index (κ2) is 9.34. The molecule has 1 aromatic carbocycles. The van der Waals surface area contributed by atoms with Gasteiger partial charge in [-0.25, -0.2) is 9.55 Å². The average Bonchev–Trinajstić information content (AvgIpc) is 3.16. The zero-order valence-electron chi connectivity index (χ0n) is 18.1. The predicted molar refractivity (Wildman–Crippen MR) is 119 cm³/mol. The zero-order chi connectivity index (χ0) is 23.6. The minimum absolute atomic E-state index is 0.0863. The third-order valence-corrected chi connectivity index (χ3v) is 7.02. The van der Waals surface area contributed by atoms with Crippen LogP contribution in [0.2, 0.25) is 0 Å². The van der Waals surface area contributed by atoms with E-state index in [4.69, 9.17) is 19.5 Å². The van der Waals surface area contributed by atoms with E-state index in [0.29, 0.717) is 22.8 Å². The standard InChI is InChI=1S/C20H25N6O6P/c1-12(19(27)28)25-33(29,32-15-6-4-3-5-7-15)31-10-13-8-14(9-13)26-11-22-16-17(26)23-20(21)24-18(16)30-2/h3-7,11-14H,8-10H2,1-2H3,(H,25,29)(H,27,28)(H2,21,23,24)/t12-,13?,14?,33?/m0/s1. The van der Waals surface area contributed by atoms with Gasteiger partial charge in [-0.05, 0) is 37.8 Å². The van der Waals surface area contributed by atoms with Crippen LogP contribution in [0.3, 0.4) is 0 Å². The molecule has 33 heavy (non-hydrogen) atoms. The Labute approximate surface area is 189 Å². The van der Waals surface area contributed by atoms with Gasteiger partial charge in [0.05, 0.1) is 20.0 Å². The number of benzene rings is 1. The number of hydrogen-bond acceptors (Lipinski definition) is 9. The summed E-state index contributed by atoms with van der Waals surface area (Å²) in [6.07, 6.45) is 3.11. The number of nitrogens with zero attached hydrogens (tertiary/aromatic N) is 4. The van der Waals surface area contributed by atoms with Crippen molar-refractivity contribution < 1.29 is 28.3 Å². The number of methoxy groups -OCH3 is 1. The molecule has 0 bridgehead atoms. The maximum Gasteiger partial charge on any atom is 0.459 e. The van der Waals surface area contributed by atoms with Gasteiger partial charge in [0.25, 0.3) is 0 Å². The largest absolute Gasteiger partial charge is 0.480 e. The fourth-order valence-corrected chi connectivity index (χ4v) is 5.16. The molecule has 13 heteroatoms. The lowest BCUT2D eigenvalue weighted by molar-refractivity contribution is -0.138. The molecule has 4 N–H and O–H groups in total. The first-order valence-electron chi connectivity index (χ1n) is 10.3. The quantitative estimate of drug-likeness (QED) is 0.368. The number of carbonyl (C=O) groups is 1. The molecule has 0 saturated heterocycles. The number of nitrogens with two attached hydrogens (primary N) is 1. The smallest absolute Gasteiger partial charge is 0.459 e. The van der Waals surface area contributed by atoms with Crippen LogP contribution >= 0.6 is 7.75 Å². The van der Waals surface area contributed by atoms with E-state index in [1.54, 1.807) is 36.7 Å². The maximum absolute atomic E-state index is 13.3. The summed E-state index contributed by atoms with van der Waals surface area (Å²) in [6.45, 7) is 1.51. The number of nitrogens with one attached hydrogen (secondary N) is 1. The van der Waals surface area contributed by atoms with E-state index in [9.17, 15) is 14.5 Å². The Morgan fingerprint density at radius 3 is 2.73 bits per heavy atom. The van der Waals surface area contributed by atoms with Crippen LogP contribution in [0.4, 0.5) is 5.95 Å². The number of carboxylic acid groups (broad SMARTS) is 1. The van der Waals surface area contributed by atoms with Gasteiger partial charge in [-0.2, -0.15) is 15.1 Å². The van der Waals surface area contributed by atoms with Crippen LogP contribution in [0.5, 0.6) is 11.6 Å². The fourth-order valence-electron chi connectivity index (χ4n) is 3.59. The van der Waals surface area contributed by atoms with Crippen molar-refractivity contribution in [3.05, 3.63) is 36.7 Å². The molecule has 1 saturated carbocycles. The third-order valence-electron chi connectivity index (χ3n) is 5.38. The Balaban J connectivity index is 1.41. The summed E-state index contributed by atoms with van der Waals surface area (Å²) in [6, 6.07) is 7.45. The van der Waals surface area contributed by atoms with Crippen molar-refractivity contribution in [2.24, 2.45) is 5.92 Å². The Bertz CT molecular complexity index is 1180. The molecule has 0 spiro atoms. The summed E-state index contributed by atoms with van der Waals surface area (Å²) < 4.78 is 31.6. The van der Waals surface area contributed by atoms with Crippen LogP contribution < -0.4 is 20.1 Å². The zero-order valence-corrected chi connectivity index (χ0v) is 19.0. The minimum atomic E-state index is -3.92. The fraction of sp³-hybridized carbons (Fsp3) is 0.400. The summed E-state index contributed by atoms with van der Waals surface area (Å²) in [5.41, 5.74) is 6.89. The molecule has 1 fully saturated rings. The van der Waals surface area contributed by atoms with Gasteiger partial charge in [0.1, 0.15) is 11.8 Å². The van der Waals surface area contributed by atoms with Gasteiger partial charge in [0, 0.05) is 6.04 Å². The molecule has 0 radical (unpaired) electrons. The number of nitrogen functional groups attached to an aromatic ring is 1. The van der Waals surface area contributed by atoms with Crippen molar-refractivity contribution in [1.82, 2.24) is 24.6 Å². The molecule has 176 valence electrons. The first kappa shape index (κ1) is 23.0. The number of aromatic nitrogens is 4. The van der Waals surface area contributed by atoms with Gasteiger partial charge in [-0.15, -0.1) is 0 Å². The summed E-state index contributed by atoms with van der Waals surface area (Å²) in [5, 5.41) is 11.7. The average molecular weight is 476 g/mol. The van der Waals surface area contributed by atoms with Crippen molar-refractivity contribution in [2.45, 2.75) is 31.8 Å². The van der Waals surface area contributed by atoms with Crippen molar-refractivity contribution in [3.8, 4) is 11.6 Å². The second-order valence-electron chi connectivity index (χ2n) is 7.79. The molecule has 2 atom stereocenters. The number of carboxylic acids is 1. The van der Waals surface area contributed by atoms with E-state index in [2.05, 4.69) is 20.0 Å². The van der Waals surface area contributed by atoms with E-state index in [1.807, 2.05) is 4.57 Å². The third kappa shape index (κ3) is 5.08. The number of rotatable bonds is 10. The van der Waals surface area contributed by atoms with Gasteiger partial charge in [-0.1, -0.05) is 18.2 Å². The lowest BCUT2D eigenvalue weighted by Gasteiger charge is -2.36. The molecular weight excluding hydrogens is 451 g/mol. The van der Waals surface area contributed by atoms with Gasteiger partial charge in [-0.3, -0.25) is 9.32 Å². The Morgan fingerprint density at radius 1 is 1.33 bits per heavy atom. The molecule has 3 aromatic rings. The van der Waals surface area contributed by atoms with Crippen molar-refractivity contribution in [2.75, 3.05) is 19.5 Å². The molecule has 4 rings (SSSR count). The first-order valence-corrected chi connectivity index (χ1v) is 11.9.